The Morgan fingerprint density at radius 2 is 1.73 bits per heavy atom. The van der Waals surface area contributed by atoms with E-state index in [0.29, 0.717) is 24.1 Å². The van der Waals surface area contributed by atoms with Crippen molar-refractivity contribution in [2.75, 3.05) is 13.7 Å². The van der Waals surface area contributed by atoms with Crippen molar-refractivity contribution in [3.05, 3.63) is 99.6 Å². The minimum absolute atomic E-state index is 0.0178. The summed E-state index contributed by atoms with van der Waals surface area (Å²) in [6.07, 6.45) is 2.00. The summed E-state index contributed by atoms with van der Waals surface area (Å²) in [5.41, 5.74) is 3.31. The highest BCUT2D eigenvalue weighted by Crippen LogP contribution is 2.28. The highest BCUT2D eigenvalue weighted by Gasteiger charge is 2.16. The Bertz CT molecular complexity index is 1310. The lowest BCUT2D eigenvalue weighted by Crippen LogP contribution is -2.26. The van der Waals surface area contributed by atoms with Gasteiger partial charge in [0.1, 0.15) is 0 Å². The number of esters is 1. The third-order valence-electron chi connectivity index (χ3n) is 4.99. The summed E-state index contributed by atoms with van der Waals surface area (Å²) in [6, 6.07) is 18.6. The molecule has 0 aliphatic heterocycles. The van der Waals surface area contributed by atoms with Gasteiger partial charge >= 0.3 is 5.97 Å². The van der Waals surface area contributed by atoms with Crippen molar-refractivity contribution in [3.63, 3.8) is 0 Å². The first-order valence-electron chi connectivity index (χ1n) is 11.2. The van der Waals surface area contributed by atoms with Crippen molar-refractivity contribution in [1.29, 1.82) is 0 Å². The summed E-state index contributed by atoms with van der Waals surface area (Å²) in [5, 5.41) is 17.6. The highest BCUT2D eigenvalue weighted by atomic mass is 16.6. The Kier molecular flexibility index (Phi) is 9.43. The number of hydrogen-bond acceptors (Lipinski definition) is 8. The molecule has 3 aromatic rings. The molecule has 0 aliphatic carbocycles. The molecular formula is C26H24N4O7. The minimum Gasteiger partial charge on any atom is -0.493 e. The third-order valence-corrected chi connectivity index (χ3v) is 4.99. The average molecular weight is 504 g/mol. The molecule has 0 aromatic heterocycles. The number of hydrazone groups is 1. The molecule has 0 radical (unpaired) electrons. The van der Waals surface area contributed by atoms with Crippen LogP contribution in [0.2, 0.25) is 0 Å². The number of non-ortho nitro benzene ring substituents is 1. The number of nitrogens with one attached hydrogen (secondary N) is 2. The second-order valence-corrected chi connectivity index (χ2v) is 7.63. The van der Waals surface area contributed by atoms with Gasteiger partial charge in [0.15, 0.2) is 11.5 Å². The van der Waals surface area contributed by atoms with Crippen LogP contribution in [-0.2, 0) is 4.79 Å². The Balaban J connectivity index is 1.48. The molecule has 3 aromatic carbocycles. The molecule has 0 fully saturated rings. The van der Waals surface area contributed by atoms with Gasteiger partial charge in [-0.1, -0.05) is 24.3 Å². The van der Waals surface area contributed by atoms with Crippen LogP contribution in [0.1, 0.15) is 39.1 Å². The van der Waals surface area contributed by atoms with Crippen molar-refractivity contribution < 1.29 is 28.8 Å². The number of benzene rings is 3. The van der Waals surface area contributed by atoms with E-state index in [2.05, 4.69) is 15.8 Å². The van der Waals surface area contributed by atoms with E-state index >= 15 is 0 Å². The smallest absolute Gasteiger partial charge is 0.343 e. The molecule has 0 unspecified atom stereocenters. The van der Waals surface area contributed by atoms with Crippen LogP contribution in [0.3, 0.4) is 0 Å². The Hall–Kier alpha value is -5.06. The van der Waals surface area contributed by atoms with Crippen LogP contribution in [0.5, 0.6) is 11.5 Å². The van der Waals surface area contributed by atoms with Crippen molar-refractivity contribution in [3.8, 4) is 11.5 Å². The lowest BCUT2D eigenvalue weighted by Gasteiger charge is -2.10. The van der Waals surface area contributed by atoms with E-state index in [1.165, 1.54) is 37.6 Å². The fourth-order valence-electron chi connectivity index (χ4n) is 3.13. The minimum atomic E-state index is -0.782. The third kappa shape index (κ3) is 7.99. The lowest BCUT2D eigenvalue weighted by molar-refractivity contribution is -0.384. The molecule has 2 N–H and O–H groups in total. The number of carbonyl (C=O) groups excluding carboxylic acids is 3. The largest absolute Gasteiger partial charge is 0.493 e. The van der Waals surface area contributed by atoms with Crippen LogP contribution in [0.15, 0.2) is 77.9 Å². The fraction of sp³-hybridized carbons (Fsp3) is 0.154. The Labute approximate surface area is 212 Å². The predicted molar refractivity (Wildman–Crippen MR) is 135 cm³/mol. The number of methoxy groups -OCH3 is 1. The van der Waals surface area contributed by atoms with Gasteiger partial charge in [0.2, 0.25) is 5.91 Å². The number of ether oxygens (including phenoxy) is 2. The zero-order valence-electron chi connectivity index (χ0n) is 19.9. The van der Waals surface area contributed by atoms with Crippen molar-refractivity contribution in [1.82, 2.24) is 10.7 Å². The molecule has 37 heavy (non-hydrogen) atoms. The first-order valence-corrected chi connectivity index (χ1v) is 11.2. The molecule has 0 atom stereocenters. The van der Waals surface area contributed by atoms with Gasteiger partial charge in [-0.2, -0.15) is 5.10 Å². The summed E-state index contributed by atoms with van der Waals surface area (Å²) in [5.74, 6) is -0.969. The second-order valence-electron chi connectivity index (χ2n) is 7.63. The molecule has 0 heterocycles. The summed E-state index contributed by atoms with van der Waals surface area (Å²) < 4.78 is 10.6. The number of rotatable bonds is 11. The van der Waals surface area contributed by atoms with Gasteiger partial charge in [-0.3, -0.25) is 19.7 Å². The van der Waals surface area contributed by atoms with Crippen LogP contribution < -0.4 is 20.2 Å². The van der Waals surface area contributed by atoms with Crippen molar-refractivity contribution in [2.45, 2.75) is 12.8 Å². The first-order chi connectivity index (χ1) is 17.9. The summed E-state index contributed by atoms with van der Waals surface area (Å²) in [6.45, 7) is 0.346. The molecular weight excluding hydrogens is 480 g/mol. The van der Waals surface area contributed by atoms with E-state index in [1.54, 1.807) is 36.4 Å². The Morgan fingerprint density at radius 3 is 2.46 bits per heavy atom. The van der Waals surface area contributed by atoms with E-state index < -0.39 is 10.9 Å². The van der Waals surface area contributed by atoms with E-state index in [9.17, 15) is 24.5 Å². The fourth-order valence-corrected chi connectivity index (χ4v) is 3.13. The van der Waals surface area contributed by atoms with Gasteiger partial charge in [-0.25, -0.2) is 10.2 Å². The SMILES string of the molecule is COc1cc(/C=N/NC(=O)CCCNC(=O)c2ccccc2)ccc1OC(=O)c1cccc([N+](=O)[O-])c1. The Morgan fingerprint density at radius 1 is 0.973 bits per heavy atom. The average Bonchev–Trinajstić information content (AvgIpc) is 2.92. The maximum Gasteiger partial charge on any atom is 0.343 e. The van der Waals surface area contributed by atoms with Gasteiger partial charge in [-0.15, -0.1) is 0 Å². The van der Waals surface area contributed by atoms with E-state index in [-0.39, 0.29) is 41.0 Å². The molecule has 11 nitrogen and oxygen atoms in total. The molecule has 2 amide bonds. The number of nitro groups is 1. The molecule has 11 heteroatoms. The molecule has 0 saturated carbocycles. The van der Waals surface area contributed by atoms with Crippen LogP contribution in [0, 0.1) is 10.1 Å². The number of carbonyl (C=O) groups is 3. The highest BCUT2D eigenvalue weighted by molar-refractivity contribution is 5.94. The summed E-state index contributed by atoms with van der Waals surface area (Å²) in [7, 11) is 1.39. The van der Waals surface area contributed by atoms with E-state index in [0.717, 1.165) is 6.07 Å². The second kappa shape index (κ2) is 13.1. The number of hydrogen-bond donors (Lipinski definition) is 2. The molecule has 0 saturated heterocycles. The quantitative estimate of drug-likeness (QED) is 0.101. The van der Waals surface area contributed by atoms with Gasteiger partial charge < -0.3 is 14.8 Å². The van der Waals surface area contributed by atoms with Gasteiger partial charge in [0.25, 0.3) is 11.6 Å². The number of nitro benzene ring substituents is 1. The maximum atomic E-state index is 12.4. The molecule has 0 bridgehead atoms. The van der Waals surface area contributed by atoms with Crippen LogP contribution in [0.25, 0.3) is 0 Å². The van der Waals surface area contributed by atoms with Crippen molar-refractivity contribution in [2.24, 2.45) is 5.10 Å². The predicted octanol–water partition coefficient (Wildman–Crippen LogP) is 3.48. The number of amides is 2. The van der Waals surface area contributed by atoms with Crippen LogP contribution in [0.4, 0.5) is 5.69 Å². The molecule has 0 aliphatic rings. The zero-order valence-corrected chi connectivity index (χ0v) is 19.9. The topological polar surface area (TPSA) is 149 Å². The summed E-state index contributed by atoms with van der Waals surface area (Å²) >= 11 is 0. The van der Waals surface area contributed by atoms with Crippen LogP contribution >= 0.6 is 0 Å². The van der Waals surface area contributed by atoms with Crippen molar-refractivity contribution >= 4 is 29.7 Å². The lowest BCUT2D eigenvalue weighted by atomic mass is 10.2. The van der Waals surface area contributed by atoms with Gasteiger partial charge in [0, 0.05) is 30.7 Å². The molecule has 190 valence electrons. The first kappa shape index (κ1) is 26.5. The number of nitrogens with zero attached hydrogens (tertiary/aromatic N) is 2. The normalized spacial score (nSPS) is 10.5. The van der Waals surface area contributed by atoms with Gasteiger partial charge in [-0.05, 0) is 48.4 Å². The molecule has 3 rings (SSSR count). The standard InChI is InChI=1S/C26H24N4O7/c1-36-23-15-18(12-13-22(23)37-26(33)20-9-5-10-21(16-20)30(34)35)17-28-29-24(31)11-6-14-27-25(32)19-7-3-2-4-8-19/h2-5,7-10,12-13,15-17H,6,11,14H2,1H3,(H,27,32)(H,29,31)/b28-17+. The molecule has 0 spiro atoms. The van der Waals surface area contributed by atoms with E-state index in [1.807, 2.05) is 6.07 Å². The zero-order chi connectivity index (χ0) is 26.6. The van der Waals surface area contributed by atoms with E-state index in [4.69, 9.17) is 9.47 Å². The maximum absolute atomic E-state index is 12.4. The van der Waals surface area contributed by atoms with Gasteiger partial charge in [0.05, 0.1) is 23.8 Å². The summed E-state index contributed by atoms with van der Waals surface area (Å²) in [4.78, 5) is 46.7. The van der Waals surface area contributed by atoms with Crippen LogP contribution in [-0.4, -0.2) is 42.6 Å². The monoisotopic (exact) mass is 504 g/mol.